The van der Waals surface area contributed by atoms with Gasteiger partial charge in [0.15, 0.2) is 0 Å². The van der Waals surface area contributed by atoms with Crippen molar-refractivity contribution < 1.29 is 14.6 Å². The molecule has 0 unspecified atom stereocenters. The fraction of sp³-hybridized carbons (Fsp3) is 0.667. The number of fused-ring (bicyclic) bond motifs is 2. The zero-order chi connectivity index (χ0) is 13.1. The Balaban J connectivity index is 2.07. The van der Waals surface area contributed by atoms with Gasteiger partial charge in [0, 0.05) is 18.1 Å². The smallest absolute Gasteiger partial charge is 0.333 e. The third kappa shape index (κ3) is 1.50. The van der Waals surface area contributed by atoms with E-state index < -0.39 is 11.8 Å². The van der Waals surface area contributed by atoms with Gasteiger partial charge in [0.2, 0.25) is 5.79 Å². The van der Waals surface area contributed by atoms with Gasteiger partial charge in [0.25, 0.3) is 0 Å². The summed E-state index contributed by atoms with van der Waals surface area (Å²) in [6.07, 6.45) is 6.51. The Morgan fingerprint density at radius 3 is 2.89 bits per heavy atom. The van der Waals surface area contributed by atoms with Gasteiger partial charge in [-0.2, -0.15) is 0 Å². The first-order valence-electron chi connectivity index (χ1n) is 6.68. The minimum absolute atomic E-state index is 0.180. The molecule has 3 rings (SSSR count). The van der Waals surface area contributed by atoms with Gasteiger partial charge in [-0.05, 0) is 37.0 Å². The maximum absolute atomic E-state index is 11.5. The van der Waals surface area contributed by atoms with Gasteiger partial charge in [0.05, 0.1) is 0 Å². The zero-order valence-electron chi connectivity index (χ0n) is 11.2. The van der Waals surface area contributed by atoms with E-state index >= 15 is 0 Å². The maximum Gasteiger partial charge on any atom is 0.333 e. The lowest BCUT2D eigenvalue weighted by atomic mass is 9.56. The largest absolute Gasteiger partial charge is 0.426 e. The second-order valence-corrected chi connectivity index (χ2v) is 6.51. The van der Waals surface area contributed by atoms with Crippen molar-refractivity contribution in [2.24, 2.45) is 17.3 Å². The van der Waals surface area contributed by atoms with Gasteiger partial charge >= 0.3 is 5.97 Å². The van der Waals surface area contributed by atoms with E-state index in [0.29, 0.717) is 18.3 Å². The number of carbonyl (C=O) groups excluding carboxylic acids is 1. The minimum Gasteiger partial charge on any atom is -0.426 e. The molecule has 1 fully saturated rings. The molecule has 1 aliphatic heterocycles. The maximum atomic E-state index is 11.5. The van der Waals surface area contributed by atoms with E-state index in [1.165, 1.54) is 11.6 Å². The average Bonchev–Trinajstić information content (AvgIpc) is 2.53. The van der Waals surface area contributed by atoms with Gasteiger partial charge in [0.1, 0.15) is 0 Å². The highest BCUT2D eigenvalue weighted by molar-refractivity contribution is 5.87. The number of hydrogen-bond donors (Lipinski definition) is 1. The van der Waals surface area contributed by atoms with E-state index in [-0.39, 0.29) is 5.41 Å². The molecule has 1 heterocycles. The van der Waals surface area contributed by atoms with Crippen molar-refractivity contribution in [2.45, 2.75) is 45.8 Å². The Morgan fingerprint density at radius 2 is 2.17 bits per heavy atom. The van der Waals surface area contributed by atoms with Gasteiger partial charge in [-0.15, -0.1) is 0 Å². The van der Waals surface area contributed by atoms with Crippen molar-refractivity contribution in [1.82, 2.24) is 0 Å². The van der Waals surface area contributed by atoms with Crippen molar-refractivity contribution in [3.8, 4) is 0 Å². The van der Waals surface area contributed by atoms with Crippen molar-refractivity contribution in [3.05, 3.63) is 23.3 Å². The van der Waals surface area contributed by atoms with Crippen LogP contribution < -0.4 is 0 Å². The fourth-order valence-electron chi connectivity index (χ4n) is 4.10. The quantitative estimate of drug-likeness (QED) is 0.529. The van der Waals surface area contributed by atoms with Crippen LogP contribution in [0, 0.1) is 17.3 Å². The molecule has 3 heteroatoms. The summed E-state index contributed by atoms with van der Waals surface area (Å²) in [6, 6.07) is 0. The molecule has 2 aliphatic carbocycles. The highest BCUT2D eigenvalue weighted by Crippen LogP contribution is 2.57. The second-order valence-electron chi connectivity index (χ2n) is 6.51. The Kier molecular flexibility index (Phi) is 2.31. The van der Waals surface area contributed by atoms with Crippen LogP contribution in [0.4, 0.5) is 0 Å². The summed E-state index contributed by atoms with van der Waals surface area (Å²) in [4.78, 5) is 11.5. The van der Waals surface area contributed by atoms with Crippen LogP contribution in [-0.2, 0) is 9.53 Å². The molecule has 0 aromatic carbocycles. The van der Waals surface area contributed by atoms with Crippen LogP contribution in [0.5, 0.6) is 0 Å². The second kappa shape index (κ2) is 3.47. The Hall–Kier alpha value is -1.09. The number of carbonyl (C=O) groups is 1. The summed E-state index contributed by atoms with van der Waals surface area (Å²) in [5, 5.41) is 10.6. The lowest BCUT2D eigenvalue weighted by molar-refractivity contribution is -0.201. The molecule has 1 saturated carbocycles. The monoisotopic (exact) mass is 248 g/mol. The minimum atomic E-state index is -1.37. The first-order valence-corrected chi connectivity index (χ1v) is 6.68. The summed E-state index contributed by atoms with van der Waals surface area (Å²) in [6.45, 7) is 6.38. The Morgan fingerprint density at radius 1 is 1.44 bits per heavy atom. The van der Waals surface area contributed by atoms with Gasteiger partial charge in [-0.3, -0.25) is 0 Å². The molecule has 1 N–H and O–H groups in total. The van der Waals surface area contributed by atoms with E-state index in [4.69, 9.17) is 4.74 Å². The first kappa shape index (κ1) is 12.0. The van der Waals surface area contributed by atoms with E-state index in [1.807, 2.05) is 0 Å². The van der Waals surface area contributed by atoms with Crippen molar-refractivity contribution in [3.63, 3.8) is 0 Å². The predicted molar refractivity (Wildman–Crippen MR) is 67.5 cm³/mol. The van der Waals surface area contributed by atoms with E-state index in [1.54, 1.807) is 0 Å². The molecular weight excluding hydrogens is 228 g/mol. The molecule has 0 amide bonds. The van der Waals surface area contributed by atoms with Crippen molar-refractivity contribution in [2.75, 3.05) is 0 Å². The topological polar surface area (TPSA) is 46.5 Å². The molecule has 98 valence electrons. The summed E-state index contributed by atoms with van der Waals surface area (Å²) in [7, 11) is 0. The molecular formula is C15H20O3. The van der Waals surface area contributed by atoms with E-state index in [0.717, 1.165) is 18.4 Å². The highest BCUT2D eigenvalue weighted by atomic mass is 16.7. The standard InChI is InChI=1S/C15H20O3/c1-9-4-5-11-10(6-9)8-15(17)12(14(11,2)3)7-13(16)18-15/h6-7,10-11,17H,4-5,8H2,1-3H3/t10-,11-,15+/m1/s1. The SMILES string of the molecule is CC1=C[C@@H]2C[C@]3(O)OC(=O)C=C3C(C)(C)[C@@H]2CC1. The van der Waals surface area contributed by atoms with Crippen molar-refractivity contribution >= 4 is 5.97 Å². The molecule has 0 aromatic heterocycles. The third-order valence-electron chi connectivity index (χ3n) is 4.95. The van der Waals surface area contributed by atoms with E-state index in [2.05, 4.69) is 26.8 Å². The number of hydrogen-bond acceptors (Lipinski definition) is 3. The van der Waals surface area contributed by atoms with Crippen molar-refractivity contribution in [1.29, 1.82) is 0 Å². The van der Waals surface area contributed by atoms with Crippen LogP contribution in [0.15, 0.2) is 23.3 Å². The van der Waals surface area contributed by atoms with Crippen LogP contribution in [0.3, 0.4) is 0 Å². The van der Waals surface area contributed by atoms with Gasteiger partial charge in [-0.25, -0.2) is 4.79 Å². The zero-order valence-corrected chi connectivity index (χ0v) is 11.2. The van der Waals surface area contributed by atoms with Crippen LogP contribution in [-0.4, -0.2) is 16.9 Å². The lowest BCUT2D eigenvalue weighted by Gasteiger charge is -2.51. The van der Waals surface area contributed by atoms with Crippen LogP contribution >= 0.6 is 0 Å². The summed E-state index contributed by atoms with van der Waals surface area (Å²) in [5.74, 6) is -0.973. The van der Waals surface area contributed by atoms with Crippen LogP contribution in [0.2, 0.25) is 0 Å². The number of ether oxygens (including phenoxy) is 1. The summed E-state index contributed by atoms with van der Waals surface area (Å²) < 4.78 is 5.17. The van der Waals surface area contributed by atoms with Gasteiger partial charge in [-0.1, -0.05) is 25.5 Å². The molecule has 3 nitrogen and oxygen atoms in total. The molecule has 0 radical (unpaired) electrons. The van der Waals surface area contributed by atoms with Gasteiger partial charge < -0.3 is 9.84 Å². The molecule has 0 spiro atoms. The molecule has 0 aromatic rings. The molecule has 0 bridgehead atoms. The summed E-state index contributed by atoms with van der Waals surface area (Å²) in [5.41, 5.74) is 1.97. The molecule has 0 saturated heterocycles. The molecule has 3 aliphatic rings. The predicted octanol–water partition coefficient (Wildman–Crippen LogP) is 2.56. The van der Waals surface area contributed by atoms with Crippen LogP contribution in [0.25, 0.3) is 0 Å². The number of esters is 1. The average molecular weight is 248 g/mol. The Labute approximate surface area is 108 Å². The lowest BCUT2D eigenvalue weighted by Crippen LogP contribution is -2.50. The number of rotatable bonds is 0. The third-order valence-corrected chi connectivity index (χ3v) is 4.95. The number of aliphatic hydroxyl groups is 1. The molecule has 3 atom stereocenters. The first-order chi connectivity index (χ1) is 8.33. The van der Waals surface area contributed by atoms with Crippen LogP contribution in [0.1, 0.15) is 40.0 Å². The fourth-order valence-corrected chi connectivity index (χ4v) is 4.10. The molecule has 18 heavy (non-hydrogen) atoms. The normalized spacial score (nSPS) is 41.4. The number of allylic oxidation sites excluding steroid dienone is 2. The Bertz CT molecular complexity index is 472. The highest BCUT2D eigenvalue weighted by Gasteiger charge is 2.57. The summed E-state index contributed by atoms with van der Waals surface area (Å²) >= 11 is 0. The van der Waals surface area contributed by atoms with E-state index in [9.17, 15) is 9.90 Å².